The fourth-order valence-corrected chi connectivity index (χ4v) is 2.67. The molecular formula is C11H17ClO4. The Bertz CT molecular complexity index is 306. The van der Waals surface area contributed by atoms with E-state index in [1.165, 1.54) is 7.11 Å². The number of carbonyl (C=O) groups excluding carboxylic acids is 1. The van der Waals surface area contributed by atoms with E-state index < -0.39 is 16.6 Å². The molecule has 2 rings (SSSR count). The predicted molar refractivity (Wildman–Crippen MR) is 58.2 cm³/mol. The maximum Gasteiger partial charge on any atom is 0.357 e. The minimum atomic E-state index is -1.28. The monoisotopic (exact) mass is 248 g/mol. The molecule has 0 bridgehead atoms. The summed E-state index contributed by atoms with van der Waals surface area (Å²) in [4.78, 5) is 11.5. The summed E-state index contributed by atoms with van der Waals surface area (Å²) < 4.78 is 15.8. The zero-order chi connectivity index (χ0) is 12.0. The average Bonchev–Trinajstić information content (AvgIpc) is 2.83. The SMILES string of the molecule is COC(=O)C1(Cl)OC12CCOC(C(C)C)C2. The molecule has 0 aromatic heterocycles. The third kappa shape index (κ3) is 1.63. The van der Waals surface area contributed by atoms with E-state index in [4.69, 9.17) is 21.1 Å². The van der Waals surface area contributed by atoms with E-state index in [-0.39, 0.29) is 6.10 Å². The van der Waals surface area contributed by atoms with Gasteiger partial charge in [0.1, 0.15) is 5.60 Å². The van der Waals surface area contributed by atoms with Crippen LogP contribution in [0.1, 0.15) is 26.7 Å². The Labute approximate surface area is 100 Å². The Balaban J connectivity index is 2.09. The van der Waals surface area contributed by atoms with Gasteiger partial charge in [-0.2, -0.15) is 0 Å². The molecule has 2 saturated heterocycles. The number of halogens is 1. The molecule has 0 amide bonds. The molecule has 2 fully saturated rings. The molecule has 1 spiro atoms. The van der Waals surface area contributed by atoms with Gasteiger partial charge in [-0.05, 0) is 5.92 Å². The molecule has 5 heteroatoms. The molecule has 16 heavy (non-hydrogen) atoms. The molecule has 3 atom stereocenters. The summed E-state index contributed by atoms with van der Waals surface area (Å²) >= 11 is 6.15. The molecule has 0 aliphatic carbocycles. The Morgan fingerprint density at radius 2 is 2.25 bits per heavy atom. The minimum absolute atomic E-state index is 0.0963. The summed E-state index contributed by atoms with van der Waals surface area (Å²) in [5.41, 5.74) is -0.575. The molecule has 92 valence electrons. The number of hydrogen-bond donors (Lipinski definition) is 0. The third-order valence-corrected chi connectivity index (χ3v) is 4.02. The van der Waals surface area contributed by atoms with Gasteiger partial charge in [0.15, 0.2) is 0 Å². The molecule has 0 saturated carbocycles. The van der Waals surface area contributed by atoms with Crippen LogP contribution in [0.3, 0.4) is 0 Å². The molecule has 0 aromatic carbocycles. The number of methoxy groups -OCH3 is 1. The van der Waals surface area contributed by atoms with Gasteiger partial charge in [0.05, 0.1) is 13.2 Å². The zero-order valence-corrected chi connectivity index (χ0v) is 10.5. The van der Waals surface area contributed by atoms with Crippen molar-refractivity contribution in [3.8, 4) is 0 Å². The van der Waals surface area contributed by atoms with Crippen LogP contribution >= 0.6 is 11.6 Å². The second kappa shape index (κ2) is 3.86. The highest BCUT2D eigenvalue weighted by Gasteiger charge is 2.76. The van der Waals surface area contributed by atoms with Crippen molar-refractivity contribution in [1.82, 2.24) is 0 Å². The molecule has 4 nitrogen and oxygen atoms in total. The fourth-order valence-electron chi connectivity index (χ4n) is 2.28. The van der Waals surface area contributed by atoms with E-state index in [1.807, 2.05) is 0 Å². The lowest BCUT2D eigenvalue weighted by molar-refractivity contribution is -0.143. The van der Waals surface area contributed by atoms with Gasteiger partial charge >= 0.3 is 5.97 Å². The summed E-state index contributed by atoms with van der Waals surface area (Å²) in [6, 6.07) is 0. The predicted octanol–water partition coefficient (Wildman–Crippen LogP) is 1.70. The van der Waals surface area contributed by atoms with Crippen molar-refractivity contribution in [3.05, 3.63) is 0 Å². The van der Waals surface area contributed by atoms with Crippen molar-refractivity contribution in [2.24, 2.45) is 5.92 Å². The lowest BCUT2D eigenvalue weighted by Gasteiger charge is -2.30. The van der Waals surface area contributed by atoms with Crippen LogP contribution in [0.25, 0.3) is 0 Å². The van der Waals surface area contributed by atoms with Crippen molar-refractivity contribution in [2.45, 2.75) is 43.5 Å². The Morgan fingerprint density at radius 3 is 2.81 bits per heavy atom. The Morgan fingerprint density at radius 1 is 1.56 bits per heavy atom. The number of alkyl halides is 1. The number of hydrogen-bond acceptors (Lipinski definition) is 4. The van der Waals surface area contributed by atoms with Crippen LogP contribution in [-0.2, 0) is 19.0 Å². The third-order valence-electron chi connectivity index (χ3n) is 3.44. The summed E-state index contributed by atoms with van der Waals surface area (Å²) in [5, 5.41) is -1.28. The van der Waals surface area contributed by atoms with Gasteiger partial charge in [0.25, 0.3) is 5.06 Å². The van der Waals surface area contributed by atoms with Crippen molar-refractivity contribution in [3.63, 3.8) is 0 Å². The van der Waals surface area contributed by atoms with E-state index in [1.54, 1.807) is 0 Å². The van der Waals surface area contributed by atoms with Gasteiger partial charge < -0.3 is 14.2 Å². The maximum absolute atomic E-state index is 11.5. The highest BCUT2D eigenvalue weighted by molar-refractivity contribution is 6.36. The van der Waals surface area contributed by atoms with Gasteiger partial charge in [-0.1, -0.05) is 25.4 Å². The maximum atomic E-state index is 11.5. The topological polar surface area (TPSA) is 48.1 Å². The van der Waals surface area contributed by atoms with Gasteiger partial charge in [0, 0.05) is 19.4 Å². The van der Waals surface area contributed by atoms with E-state index >= 15 is 0 Å². The van der Waals surface area contributed by atoms with E-state index in [0.29, 0.717) is 25.4 Å². The van der Waals surface area contributed by atoms with Crippen LogP contribution in [0.4, 0.5) is 0 Å². The molecule has 0 radical (unpaired) electrons. The van der Waals surface area contributed by atoms with Crippen LogP contribution in [0.2, 0.25) is 0 Å². The summed E-state index contributed by atoms with van der Waals surface area (Å²) in [7, 11) is 1.32. The van der Waals surface area contributed by atoms with Crippen molar-refractivity contribution in [1.29, 1.82) is 0 Å². The summed E-state index contributed by atoms with van der Waals surface area (Å²) in [6.07, 6.45) is 1.40. The lowest BCUT2D eigenvalue weighted by Crippen LogP contribution is -2.40. The standard InChI is InChI=1S/C11H17ClO4/c1-7(2)8-6-10(4-5-15-8)11(12,16-10)9(13)14-3/h7-8H,4-6H2,1-3H3. The number of esters is 1. The van der Waals surface area contributed by atoms with Crippen LogP contribution in [0, 0.1) is 5.92 Å². The first-order valence-electron chi connectivity index (χ1n) is 5.54. The Kier molecular flexibility index (Phi) is 2.93. The zero-order valence-electron chi connectivity index (χ0n) is 9.79. The van der Waals surface area contributed by atoms with E-state index in [0.717, 1.165) is 0 Å². The summed E-state index contributed by atoms with van der Waals surface area (Å²) in [6.45, 7) is 4.74. The van der Waals surface area contributed by atoms with Crippen molar-refractivity contribution >= 4 is 17.6 Å². The van der Waals surface area contributed by atoms with Gasteiger partial charge in [-0.3, -0.25) is 0 Å². The average molecular weight is 249 g/mol. The molecule has 0 N–H and O–H groups in total. The largest absolute Gasteiger partial charge is 0.466 e. The number of carbonyl (C=O) groups is 1. The van der Waals surface area contributed by atoms with Crippen LogP contribution in [0.5, 0.6) is 0 Å². The van der Waals surface area contributed by atoms with Crippen LogP contribution < -0.4 is 0 Å². The highest BCUT2D eigenvalue weighted by atomic mass is 35.5. The smallest absolute Gasteiger partial charge is 0.357 e. The lowest BCUT2D eigenvalue weighted by atomic mass is 9.87. The molecule has 2 aliphatic rings. The fraction of sp³-hybridized carbons (Fsp3) is 0.909. The number of epoxide rings is 1. The molecule has 2 heterocycles. The van der Waals surface area contributed by atoms with Gasteiger partial charge in [0.2, 0.25) is 0 Å². The number of ether oxygens (including phenoxy) is 3. The molecule has 0 aromatic rings. The molecule has 2 aliphatic heterocycles. The number of rotatable bonds is 2. The Hall–Kier alpha value is -0.320. The second-order valence-corrected chi connectivity index (χ2v) is 5.32. The first-order chi connectivity index (χ1) is 7.45. The minimum Gasteiger partial charge on any atom is -0.466 e. The first kappa shape index (κ1) is 12.1. The summed E-state index contributed by atoms with van der Waals surface area (Å²) in [5.74, 6) is -0.112. The van der Waals surface area contributed by atoms with Gasteiger partial charge in [-0.25, -0.2) is 4.79 Å². The first-order valence-corrected chi connectivity index (χ1v) is 5.92. The normalized spacial score (nSPS) is 42.4. The second-order valence-electron chi connectivity index (χ2n) is 4.79. The molecular weight excluding hydrogens is 232 g/mol. The van der Waals surface area contributed by atoms with Crippen molar-refractivity contribution in [2.75, 3.05) is 13.7 Å². The quantitative estimate of drug-likeness (QED) is 0.424. The van der Waals surface area contributed by atoms with Crippen molar-refractivity contribution < 1.29 is 19.0 Å². The molecule has 3 unspecified atom stereocenters. The van der Waals surface area contributed by atoms with Crippen LogP contribution in [0.15, 0.2) is 0 Å². The van der Waals surface area contributed by atoms with E-state index in [9.17, 15) is 4.79 Å². The van der Waals surface area contributed by atoms with Crippen LogP contribution in [-0.4, -0.2) is 36.5 Å². The van der Waals surface area contributed by atoms with Gasteiger partial charge in [-0.15, -0.1) is 0 Å². The highest BCUT2D eigenvalue weighted by Crippen LogP contribution is 2.59. The van der Waals surface area contributed by atoms with E-state index in [2.05, 4.69) is 18.6 Å².